The van der Waals surface area contributed by atoms with E-state index in [0.29, 0.717) is 54.0 Å². The summed E-state index contributed by atoms with van der Waals surface area (Å²) < 4.78 is 38.3. The maximum absolute atomic E-state index is 12.9. The molecule has 0 bridgehead atoms. The number of hydrogen-bond acceptors (Lipinski definition) is 6. The molecule has 0 aliphatic carbocycles. The minimum Gasteiger partial charge on any atom is -0.491 e. The second-order valence-corrected chi connectivity index (χ2v) is 8.46. The van der Waals surface area contributed by atoms with Gasteiger partial charge < -0.3 is 9.47 Å². The van der Waals surface area contributed by atoms with Crippen molar-refractivity contribution in [1.29, 1.82) is 0 Å². The number of rotatable bonds is 5. The number of nitrogens with zero attached hydrogens (tertiary/aromatic N) is 3. The smallest absolute Gasteiger partial charge is 0.257 e. The summed E-state index contributed by atoms with van der Waals surface area (Å²) >= 11 is 5.90. The van der Waals surface area contributed by atoms with Crippen molar-refractivity contribution in [2.24, 2.45) is 0 Å². The lowest BCUT2D eigenvalue weighted by atomic mass is 10.1. The van der Waals surface area contributed by atoms with Gasteiger partial charge >= 0.3 is 0 Å². The molecule has 26 heavy (non-hydrogen) atoms. The van der Waals surface area contributed by atoms with Gasteiger partial charge in [-0.05, 0) is 26.7 Å². The van der Waals surface area contributed by atoms with E-state index in [9.17, 15) is 8.42 Å². The molecule has 1 aliphatic rings. The summed E-state index contributed by atoms with van der Waals surface area (Å²) in [6, 6.07) is 1.63. The van der Waals surface area contributed by atoms with Crippen molar-refractivity contribution in [3.63, 3.8) is 0 Å². The van der Waals surface area contributed by atoms with Gasteiger partial charge in [-0.25, -0.2) is 13.4 Å². The first-order valence-corrected chi connectivity index (χ1v) is 10.0. The van der Waals surface area contributed by atoms with Crippen LogP contribution in [0.4, 0.5) is 0 Å². The van der Waals surface area contributed by atoms with Gasteiger partial charge in [0.05, 0.1) is 23.5 Å². The predicted octanol–water partition coefficient (Wildman–Crippen LogP) is 2.32. The normalized spacial score (nSPS) is 16.6. The number of halogens is 1. The number of sulfonamides is 1. The SMILES string of the molecule is COc1cc(Cl)cnc1OC1CCN(S(=O)(=O)c2c(C)n[nH]c2C)CC1. The zero-order valence-electron chi connectivity index (χ0n) is 14.8. The summed E-state index contributed by atoms with van der Waals surface area (Å²) in [5.41, 5.74) is 1.03. The zero-order valence-corrected chi connectivity index (χ0v) is 16.4. The highest BCUT2D eigenvalue weighted by molar-refractivity contribution is 7.89. The molecular formula is C16H21ClN4O4S. The largest absolute Gasteiger partial charge is 0.491 e. The first-order valence-electron chi connectivity index (χ1n) is 8.21. The topological polar surface area (TPSA) is 97.4 Å². The van der Waals surface area contributed by atoms with Crippen molar-refractivity contribution in [3.8, 4) is 11.6 Å². The average Bonchev–Trinajstić information content (AvgIpc) is 2.96. The van der Waals surface area contributed by atoms with Crippen molar-refractivity contribution in [2.45, 2.75) is 37.7 Å². The van der Waals surface area contributed by atoms with Gasteiger partial charge in [0.15, 0.2) is 5.75 Å². The number of aryl methyl sites for hydroxylation is 2. The van der Waals surface area contributed by atoms with E-state index in [0.717, 1.165) is 0 Å². The molecule has 0 amide bonds. The molecule has 3 heterocycles. The van der Waals surface area contributed by atoms with Crippen LogP contribution in [0.15, 0.2) is 17.2 Å². The molecule has 0 radical (unpaired) electrons. The Hall–Kier alpha value is -1.84. The quantitative estimate of drug-likeness (QED) is 0.827. The van der Waals surface area contributed by atoms with E-state index >= 15 is 0 Å². The molecule has 0 atom stereocenters. The van der Waals surface area contributed by atoms with Crippen molar-refractivity contribution < 1.29 is 17.9 Å². The lowest BCUT2D eigenvalue weighted by molar-refractivity contribution is 0.125. The van der Waals surface area contributed by atoms with Gasteiger partial charge in [0.1, 0.15) is 11.0 Å². The van der Waals surface area contributed by atoms with E-state index in [-0.39, 0.29) is 11.0 Å². The molecule has 0 spiro atoms. The molecule has 0 aromatic carbocycles. The van der Waals surface area contributed by atoms with E-state index < -0.39 is 10.0 Å². The molecular weight excluding hydrogens is 380 g/mol. The van der Waals surface area contributed by atoms with Crippen LogP contribution in [0.3, 0.4) is 0 Å². The van der Waals surface area contributed by atoms with E-state index in [1.54, 1.807) is 19.9 Å². The Morgan fingerprint density at radius 1 is 1.31 bits per heavy atom. The molecule has 2 aromatic rings. The Morgan fingerprint density at radius 3 is 2.58 bits per heavy atom. The Morgan fingerprint density at radius 2 is 2.00 bits per heavy atom. The third-order valence-electron chi connectivity index (χ3n) is 4.34. The zero-order chi connectivity index (χ0) is 18.9. The molecule has 0 unspecified atom stereocenters. The number of hydrogen-bond donors (Lipinski definition) is 1. The van der Waals surface area contributed by atoms with Crippen LogP contribution < -0.4 is 9.47 Å². The molecule has 1 fully saturated rings. The molecule has 0 saturated carbocycles. The van der Waals surface area contributed by atoms with Crippen LogP contribution in [0.25, 0.3) is 0 Å². The number of pyridine rings is 1. The van der Waals surface area contributed by atoms with Gasteiger partial charge in [-0.15, -0.1) is 0 Å². The van der Waals surface area contributed by atoms with Crippen LogP contribution in [0.1, 0.15) is 24.2 Å². The van der Waals surface area contributed by atoms with E-state index in [4.69, 9.17) is 21.1 Å². The molecule has 10 heteroatoms. The molecule has 1 saturated heterocycles. The third-order valence-corrected chi connectivity index (χ3v) is 6.71. The van der Waals surface area contributed by atoms with Crippen LogP contribution in [-0.4, -0.2) is 54.2 Å². The van der Waals surface area contributed by atoms with Crippen LogP contribution in [0.5, 0.6) is 11.6 Å². The monoisotopic (exact) mass is 400 g/mol. The average molecular weight is 401 g/mol. The number of aromatic nitrogens is 3. The molecule has 1 aliphatic heterocycles. The van der Waals surface area contributed by atoms with E-state index in [1.807, 2.05) is 0 Å². The maximum atomic E-state index is 12.9. The van der Waals surface area contributed by atoms with Crippen LogP contribution in [-0.2, 0) is 10.0 Å². The lowest BCUT2D eigenvalue weighted by Gasteiger charge is -2.31. The van der Waals surface area contributed by atoms with Crippen molar-refractivity contribution in [1.82, 2.24) is 19.5 Å². The van der Waals surface area contributed by atoms with E-state index in [2.05, 4.69) is 15.2 Å². The lowest BCUT2D eigenvalue weighted by Crippen LogP contribution is -2.42. The van der Waals surface area contributed by atoms with Gasteiger partial charge in [-0.1, -0.05) is 11.6 Å². The second kappa shape index (κ2) is 7.42. The van der Waals surface area contributed by atoms with Crippen molar-refractivity contribution >= 4 is 21.6 Å². The summed E-state index contributed by atoms with van der Waals surface area (Å²) in [6.07, 6.45) is 2.46. The number of aromatic amines is 1. The molecule has 8 nitrogen and oxygen atoms in total. The fraction of sp³-hybridized carbons (Fsp3) is 0.500. The number of ether oxygens (including phenoxy) is 2. The Labute approximate surface area is 157 Å². The van der Waals surface area contributed by atoms with Crippen molar-refractivity contribution in [3.05, 3.63) is 28.7 Å². The Kier molecular flexibility index (Phi) is 5.40. The summed E-state index contributed by atoms with van der Waals surface area (Å²) in [5, 5.41) is 7.17. The highest BCUT2D eigenvalue weighted by atomic mass is 35.5. The summed E-state index contributed by atoms with van der Waals surface area (Å²) in [5.74, 6) is 0.817. The van der Waals surface area contributed by atoms with E-state index in [1.165, 1.54) is 17.6 Å². The summed E-state index contributed by atoms with van der Waals surface area (Å²) in [7, 11) is -2.05. The van der Waals surface area contributed by atoms with Crippen LogP contribution in [0, 0.1) is 13.8 Å². The standard InChI is InChI=1S/C16H21ClN4O4S/c1-10-15(11(2)20-19-10)26(22,23)21-6-4-13(5-7-21)25-16-14(24-3)8-12(17)9-18-16/h8-9,13H,4-7H2,1-3H3,(H,19,20). The first kappa shape index (κ1) is 18.9. The maximum Gasteiger partial charge on any atom is 0.257 e. The highest BCUT2D eigenvalue weighted by Gasteiger charge is 2.33. The summed E-state index contributed by atoms with van der Waals surface area (Å²) in [6.45, 7) is 4.13. The number of H-pyrrole nitrogens is 1. The fourth-order valence-corrected chi connectivity index (χ4v) is 4.99. The van der Waals surface area contributed by atoms with Crippen molar-refractivity contribution in [2.75, 3.05) is 20.2 Å². The minimum absolute atomic E-state index is 0.143. The predicted molar refractivity (Wildman–Crippen MR) is 96.3 cm³/mol. The van der Waals surface area contributed by atoms with Crippen LogP contribution in [0.2, 0.25) is 5.02 Å². The summed E-state index contributed by atoms with van der Waals surface area (Å²) in [4.78, 5) is 4.41. The van der Waals surface area contributed by atoms with Crippen LogP contribution >= 0.6 is 11.6 Å². The van der Waals surface area contributed by atoms with Gasteiger partial charge in [-0.3, -0.25) is 5.10 Å². The second-order valence-electron chi connectivity index (χ2n) is 6.15. The number of piperidine rings is 1. The van der Waals surface area contributed by atoms with Gasteiger partial charge in [-0.2, -0.15) is 9.40 Å². The van der Waals surface area contributed by atoms with Gasteiger partial charge in [0.2, 0.25) is 10.0 Å². The molecule has 2 aromatic heterocycles. The molecule has 142 valence electrons. The van der Waals surface area contributed by atoms with Gasteiger partial charge in [0, 0.05) is 25.4 Å². The van der Waals surface area contributed by atoms with Gasteiger partial charge in [0.25, 0.3) is 5.88 Å². The highest BCUT2D eigenvalue weighted by Crippen LogP contribution is 2.31. The Balaban J connectivity index is 1.68. The first-order chi connectivity index (χ1) is 12.3. The fourth-order valence-electron chi connectivity index (χ4n) is 3.04. The molecule has 1 N–H and O–H groups in total. The minimum atomic E-state index is -3.57. The number of methoxy groups -OCH3 is 1. The Bertz CT molecular complexity index is 872. The number of nitrogens with one attached hydrogen (secondary N) is 1. The third kappa shape index (κ3) is 3.65. The molecule has 3 rings (SSSR count).